The largest absolute Gasteiger partial charge is 0.366 e. The molecule has 6 nitrogen and oxygen atoms in total. The van der Waals surface area contributed by atoms with Gasteiger partial charge in [0.1, 0.15) is 0 Å². The van der Waals surface area contributed by atoms with Gasteiger partial charge in [-0.2, -0.15) is 0 Å². The van der Waals surface area contributed by atoms with Crippen LogP contribution in [0.4, 0.5) is 5.69 Å². The molecule has 1 heterocycles. The van der Waals surface area contributed by atoms with Crippen LogP contribution in [0.1, 0.15) is 41.7 Å². The minimum Gasteiger partial charge on any atom is -0.366 e. The fourth-order valence-corrected chi connectivity index (χ4v) is 4.81. The topological polar surface area (TPSA) is 105 Å². The second kappa shape index (κ2) is 6.32. The molecular weight excluding hydrogens is 326 g/mol. The molecular formula is C17H21N3O3S. The van der Waals surface area contributed by atoms with E-state index >= 15 is 0 Å². The third-order valence-electron chi connectivity index (χ3n) is 4.49. The summed E-state index contributed by atoms with van der Waals surface area (Å²) < 4.78 is 27.9. The average molecular weight is 347 g/mol. The van der Waals surface area contributed by atoms with Crippen molar-refractivity contribution < 1.29 is 13.2 Å². The summed E-state index contributed by atoms with van der Waals surface area (Å²) in [5.74, 6) is -0.515. The van der Waals surface area contributed by atoms with Crippen molar-refractivity contribution in [1.82, 2.24) is 4.98 Å². The second-order valence-corrected chi connectivity index (χ2v) is 8.15. The molecule has 0 unspecified atom stereocenters. The number of rotatable bonds is 5. The number of carbonyl (C=O) groups is 1. The van der Waals surface area contributed by atoms with E-state index in [-0.39, 0.29) is 5.25 Å². The maximum atomic E-state index is 12.6. The van der Waals surface area contributed by atoms with Crippen molar-refractivity contribution in [3.63, 3.8) is 0 Å². The SMILES string of the molecule is Cc1[nH]c(-c2ccccc2NS(=O)(=O)C2CCCC2)cc1C(N)=O. The zero-order chi connectivity index (χ0) is 17.3. The number of para-hydroxylation sites is 1. The van der Waals surface area contributed by atoms with Gasteiger partial charge in [-0.1, -0.05) is 31.0 Å². The van der Waals surface area contributed by atoms with Crippen molar-refractivity contribution in [2.24, 2.45) is 5.73 Å². The molecule has 24 heavy (non-hydrogen) atoms. The quantitative estimate of drug-likeness (QED) is 0.774. The molecule has 1 aliphatic carbocycles. The van der Waals surface area contributed by atoms with Crippen LogP contribution >= 0.6 is 0 Å². The number of nitrogens with two attached hydrogens (primary N) is 1. The first-order chi connectivity index (χ1) is 11.4. The minimum absolute atomic E-state index is 0.336. The van der Waals surface area contributed by atoms with Gasteiger partial charge < -0.3 is 10.7 Å². The van der Waals surface area contributed by atoms with Gasteiger partial charge in [0.2, 0.25) is 10.0 Å². The average Bonchev–Trinajstić information content (AvgIpc) is 3.17. The number of H-pyrrole nitrogens is 1. The fourth-order valence-electron chi connectivity index (χ4n) is 3.20. The number of benzene rings is 1. The molecule has 0 spiro atoms. The molecule has 4 N–H and O–H groups in total. The standard InChI is InChI=1S/C17H21N3O3S/c1-11-14(17(18)21)10-16(19-11)13-8-4-5-9-15(13)20-24(22,23)12-6-2-3-7-12/h4-5,8-10,12,19-20H,2-3,6-7H2,1H3,(H2,18,21). The number of anilines is 1. The van der Waals surface area contributed by atoms with Gasteiger partial charge in [0.25, 0.3) is 5.91 Å². The van der Waals surface area contributed by atoms with Crippen LogP contribution < -0.4 is 10.5 Å². The van der Waals surface area contributed by atoms with E-state index in [0.717, 1.165) is 12.8 Å². The number of aryl methyl sites for hydroxylation is 1. The second-order valence-electron chi connectivity index (χ2n) is 6.19. The number of hydrogen-bond acceptors (Lipinski definition) is 3. The van der Waals surface area contributed by atoms with E-state index in [0.29, 0.717) is 41.0 Å². The minimum atomic E-state index is -3.42. The highest BCUT2D eigenvalue weighted by atomic mass is 32.2. The van der Waals surface area contributed by atoms with Gasteiger partial charge >= 0.3 is 0 Å². The van der Waals surface area contributed by atoms with Gasteiger partial charge in [0.05, 0.1) is 16.5 Å². The third-order valence-corrected chi connectivity index (χ3v) is 6.34. The molecule has 1 aliphatic rings. The van der Waals surface area contributed by atoms with Gasteiger partial charge in [-0.3, -0.25) is 9.52 Å². The van der Waals surface area contributed by atoms with Crippen LogP contribution in [-0.2, 0) is 10.0 Å². The normalized spacial score (nSPS) is 15.5. The Morgan fingerprint density at radius 3 is 2.54 bits per heavy atom. The highest BCUT2D eigenvalue weighted by Crippen LogP contribution is 2.32. The van der Waals surface area contributed by atoms with Crippen LogP contribution in [0.3, 0.4) is 0 Å². The van der Waals surface area contributed by atoms with Gasteiger partial charge in [-0.15, -0.1) is 0 Å². The molecule has 0 bridgehead atoms. The lowest BCUT2D eigenvalue weighted by Crippen LogP contribution is -2.25. The summed E-state index contributed by atoms with van der Waals surface area (Å²) in [6.45, 7) is 1.76. The Morgan fingerprint density at radius 2 is 1.92 bits per heavy atom. The van der Waals surface area contributed by atoms with Crippen molar-refractivity contribution in [3.05, 3.63) is 41.6 Å². The Hall–Kier alpha value is -2.28. The van der Waals surface area contributed by atoms with E-state index in [1.807, 2.05) is 12.1 Å². The van der Waals surface area contributed by atoms with Crippen LogP contribution in [-0.4, -0.2) is 24.6 Å². The monoisotopic (exact) mass is 347 g/mol. The Balaban J connectivity index is 1.96. The van der Waals surface area contributed by atoms with Crippen molar-refractivity contribution in [3.8, 4) is 11.3 Å². The lowest BCUT2D eigenvalue weighted by atomic mass is 10.1. The number of aromatic nitrogens is 1. The molecule has 128 valence electrons. The van der Waals surface area contributed by atoms with E-state index in [1.165, 1.54) is 0 Å². The number of carbonyl (C=O) groups excluding carboxylic acids is 1. The molecule has 0 aliphatic heterocycles. The van der Waals surface area contributed by atoms with Crippen molar-refractivity contribution in [1.29, 1.82) is 0 Å². The fraction of sp³-hybridized carbons (Fsp3) is 0.353. The first kappa shape index (κ1) is 16.6. The van der Waals surface area contributed by atoms with Gasteiger partial charge in [0, 0.05) is 17.0 Å². The molecule has 1 fully saturated rings. The van der Waals surface area contributed by atoms with Crippen LogP contribution in [0.25, 0.3) is 11.3 Å². The predicted molar refractivity (Wildman–Crippen MR) is 94.3 cm³/mol. The Bertz CT molecular complexity index is 865. The predicted octanol–water partition coefficient (Wildman–Crippen LogP) is 2.77. The maximum absolute atomic E-state index is 12.6. The zero-order valence-corrected chi connectivity index (χ0v) is 14.3. The molecule has 2 aromatic rings. The molecule has 3 rings (SSSR count). The highest BCUT2D eigenvalue weighted by molar-refractivity contribution is 7.93. The molecule has 7 heteroatoms. The maximum Gasteiger partial charge on any atom is 0.250 e. The van der Waals surface area contributed by atoms with Crippen LogP contribution in [0.5, 0.6) is 0 Å². The summed E-state index contributed by atoms with van der Waals surface area (Å²) in [5, 5.41) is -0.336. The molecule has 0 saturated heterocycles. The summed E-state index contributed by atoms with van der Waals surface area (Å²) in [4.78, 5) is 14.5. The summed E-state index contributed by atoms with van der Waals surface area (Å²) in [5.41, 5.74) is 8.27. The zero-order valence-electron chi connectivity index (χ0n) is 13.5. The number of amides is 1. The molecule has 1 aromatic heterocycles. The summed E-state index contributed by atoms with van der Waals surface area (Å²) in [6, 6.07) is 8.79. The summed E-state index contributed by atoms with van der Waals surface area (Å²) in [7, 11) is -3.42. The van der Waals surface area contributed by atoms with E-state index in [9.17, 15) is 13.2 Å². The molecule has 1 saturated carbocycles. The highest BCUT2D eigenvalue weighted by Gasteiger charge is 2.29. The Kier molecular flexibility index (Phi) is 4.36. The summed E-state index contributed by atoms with van der Waals surface area (Å²) in [6.07, 6.45) is 3.30. The number of aromatic amines is 1. The van der Waals surface area contributed by atoms with E-state index in [1.54, 1.807) is 25.1 Å². The smallest absolute Gasteiger partial charge is 0.250 e. The van der Waals surface area contributed by atoms with Gasteiger partial charge in [-0.25, -0.2) is 8.42 Å². The molecule has 1 aromatic carbocycles. The number of primary amides is 1. The van der Waals surface area contributed by atoms with Crippen molar-refractivity contribution in [2.45, 2.75) is 37.9 Å². The number of sulfonamides is 1. The van der Waals surface area contributed by atoms with Crippen molar-refractivity contribution >= 4 is 21.6 Å². The molecule has 0 radical (unpaired) electrons. The van der Waals surface area contributed by atoms with Crippen molar-refractivity contribution in [2.75, 3.05) is 4.72 Å². The third kappa shape index (κ3) is 3.17. The first-order valence-corrected chi connectivity index (χ1v) is 9.53. The number of hydrogen-bond donors (Lipinski definition) is 3. The Labute approximate surface area is 141 Å². The van der Waals surface area contributed by atoms with Gasteiger partial charge in [-0.05, 0) is 31.9 Å². The summed E-state index contributed by atoms with van der Waals surface area (Å²) >= 11 is 0. The lowest BCUT2D eigenvalue weighted by molar-refractivity contribution is 0.1000. The first-order valence-electron chi connectivity index (χ1n) is 7.99. The van der Waals surface area contributed by atoms with E-state index < -0.39 is 15.9 Å². The van der Waals surface area contributed by atoms with Crippen LogP contribution in [0, 0.1) is 6.92 Å². The molecule has 0 atom stereocenters. The van der Waals surface area contributed by atoms with Crippen LogP contribution in [0.2, 0.25) is 0 Å². The van der Waals surface area contributed by atoms with E-state index in [4.69, 9.17) is 5.73 Å². The molecule has 1 amide bonds. The Morgan fingerprint density at radius 1 is 1.25 bits per heavy atom. The van der Waals surface area contributed by atoms with Gasteiger partial charge in [0.15, 0.2) is 0 Å². The lowest BCUT2D eigenvalue weighted by Gasteiger charge is -2.15. The van der Waals surface area contributed by atoms with E-state index in [2.05, 4.69) is 9.71 Å². The van der Waals surface area contributed by atoms with Crippen LogP contribution in [0.15, 0.2) is 30.3 Å². The number of nitrogens with one attached hydrogen (secondary N) is 2.